The van der Waals surface area contributed by atoms with Crippen molar-refractivity contribution in [2.75, 3.05) is 13.6 Å². The van der Waals surface area contributed by atoms with Crippen LogP contribution in [-0.2, 0) is 4.79 Å². The van der Waals surface area contributed by atoms with Crippen LogP contribution in [0.3, 0.4) is 0 Å². The van der Waals surface area contributed by atoms with E-state index < -0.39 is 0 Å². The normalized spacial score (nSPS) is 14.7. The Morgan fingerprint density at radius 2 is 1.85 bits per heavy atom. The summed E-state index contributed by atoms with van der Waals surface area (Å²) in [6.07, 6.45) is 3.54. The first-order valence-electron chi connectivity index (χ1n) is 6.06. The highest BCUT2D eigenvalue weighted by molar-refractivity contribution is 5.81. The molecule has 1 heterocycles. The molecule has 0 bridgehead atoms. The zero-order valence-corrected chi connectivity index (χ0v) is 11.2. The summed E-state index contributed by atoms with van der Waals surface area (Å²) in [6.45, 7) is 5.76. The number of nitrogens with zero attached hydrogens (tertiary/aromatic N) is 1. The van der Waals surface area contributed by atoms with Gasteiger partial charge in [-0.15, -0.1) is 5.73 Å². The molecule has 1 aliphatic rings. The molecule has 1 rings (SSSR count). The van der Waals surface area contributed by atoms with Gasteiger partial charge in [0.15, 0.2) is 0 Å². The number of rotatable bonds is 2. The number of nitrogens with one attached hydrogen (secondary N) is 1. The van der Waals surface area contributed by atoms with Crippen molar-refractivity contribution in [3.8, 4) is 0 Å². The second-order valence-corrected chi connectivity index (χ2v) is 3.80. The zero-order valence-electron chi connectivity index (χ0n) is 11.2. The molecule has 0 saturated carbocycles. The maximum Gasteiger partial charge on any atom is 0.242 e. The highest BCUT2D eigenvalue weighted by atomic mass is 16.2. The summed E-state index contributed by atoms with van der Waals surface area (Å²) in [5.41, 5.74) is 22.5. The van der Waals surface area contributed by atoms with Crippen molar-refractivity contribution in [3.05, 3.63) is 64.4 Å². The molecule has 20 heavy (non-hydrogen) atoms. The lowest BCUT2D eigenvalue weighted by molar-refractivity contribution is -0.124. The van der Waals surface area contributed by atoms with Gasteiger partial charge >= 0.3 is 0 Å². The van der Waals surface area contributed by atoms with Crippen molar-refractivity contribution in [1.29, 1.82) is 0 Å². The number of amides is 1. The molecule has 0 aromatic rings. The Morgan fingerprint density at radius 3 is 2.50 bits per heavy atom. The van der Waals surface area contributed by atoms with Crippen LogP contribution in [0.15, 0.2) is 57.8 Å². The second kappa shape index (κ2) is 9.03. The molecule has 0 aromatic heterocycles. The average Bonchev–Trinajstić information content (AvgIpc) is 2.93. The Morgan fingerprint density at radius 1 is 1.20 bits per heavy atom. The number of carbonyl (C=O) groups excluding carboxylic acids is 1. The molecule has 1 N–H and O–H groups in total. The fourth-order valence-electron chi connectivity index (χ4n) is 1.74. The van der Waals surface area contributed by atoms with E-state index in [4.69, 9.17) is 6.58 Å². The Kier molecular flexibility index (Phi) is 6.81. The predicted octanol–water partition coefficient (Wildman–Crippen LogP) is 1.54. The van der Waals surface area contributed by atoms with Crippen molar-refractivity contribution < 1.29 is 4.79 Å². The molecular formula is C17H13N2O-. The molecule has 0 aliphatic carbocycles. The van der Waals surface area contributed by atoms with Gasteiger partial charge in [-0.2, -0.15) is 0 Å². The predicted molar refractivity (Wildman–Crippen MR) is 74.3 cm³/mol. The van der Waals surface area contributed by atoms with Crippen LogP contribution < -0.4 is 5.32 Å². The molecule has 1 saturated heterocycles. The van der Waals surface area contributed by atoms with Crippen LogP contribution in [-0.4, -0.2) is 30.4 Å². The van der Waals surface area contributed by atoms with Crippen molar-refractivity contribution in [2.45, 2.75) is 18.9 Å². The monoisotopic (exact) mass is 261 g/mol. The number of hydrogen-bond donors (Lipinski definition) is 1. The summed E-state index contributed by atoms with van der Waals surface area (Å²) in [7, 11) is 1.64. The van der Waals surface area contributed by atoms with Gasteiger partial charge in [-0.25, -0.2) is 12.3 Å². The lowest BCUT2D eigenvalue weighted by Crippen LogP contribution is -2.39. The van der Waals surface area contributed by atoms with Gasteiger partial charge in [-0.3, -0.25) is 10.5 Å². The number of likely N-dealkylation sites (N-methyl/N-ethyl adjacent to an activating group) is 1. The minimum absolute atomic E-state index is 0.0181. The van der Waals surface area contributed by atoms with Crippen LogP contribution in [0.1, 0.15) is 12.8 Å². The summed E-state index contributed by atoms with van der Waals surface area (Å²) in [6, 6.07) is -0.124. The molecule has 3 nitrogen and oxygen atoms in total. The lowest BCUT2D eigenvalue weighted by atomic mass is 10.2. The highest BCUT2D eigenvalue weighted by Gasteiger charge is 2.27. The number of hydrogen-bond acceptors (Lipinski definition) is 2. The molecular weight excluding hydrogens is 248 g/mol. The third-order valence-corrected chi connectivity index (χ3v) is 2.59. The van der Waals surface area contributed by atoms with E-state index in [9.17, 15) is 4.79 Å². The van der Waals surface area contributed by atoms with E-state index in [2.05, 4.69) is 56.9 Å². The SMILES string of the molecule is [CH-]=C=C=C=C=C=C=C=C=C=CN1CCCC1C(=O)NC. The van der Waals surface area contributed by atoms with Crippen LogP contribution in [0, 0.1) is 6.58 Å². The van der Waals surface area contributed by atoms with Crippen LogP contribution in [0.2, 0.25) is 0 Å². The molecule has 3 heteroatoms. The molecule has 0 spiro atoms. The van der Waals surface area contributed by atoms with Crippen molar-refractivity contribution in [1.82, 2.24) is 10.2 Å². The Balaban J connectivity index is 2.92. The van der Waals surface area contributed by atoms with Crippen LogP contribution >= 0.6 is 0 Å². The van der Waals surface area contributed by atoms with Gasteiger partial charge < -0.3 is 10.2 Å². The minimum atomic E-state index is -0.124. The average molecular weight is 261 g/mol. The summed E-state index contributed by atoms with van der Waals surface area (Å²) in [5, 5.41) is 2.65. The molecule has 98 valence electrons. The van der Waals surface area contributed by atoms with E-state index in [-0.39, 0.29) is 11.9 Å². The van der Waals surface area contributed by atoms with Crippen molar-refractivity contribution in [2.24, 2.45) is 0 Å². The summed E-state index contributed by atoms with van der Waals surface area (Å²) >= 11 is 0. The van der Waals surface area contributed by atoms with Gasteiger partial charge in [0.25, 0.3) is 0 Å². The molecule has 1 fully saturated rings. The van der Waals surface area contributed by atoms with Gasteiger partial charge in [-0.1, -0.05) is 0 Å². The summed E-state index contributed by atoms with van der Waals surface area (Å²) in [4.78, 5) is 13.5. The lowest BCUT2D eigenvalue weighted by Gasteiger charge is -2.19. The van der Waals surface area contributed by atoms with Crippen molar-refractivity contribution in [3.63, 3.8) is 0 Å². The van der Waals surface area contributed by atoms with E-state index in [0.717, 1.165) is 19.4 Å². The van der Waals surface area contributed by atoms with E-state index in [1.165, 1.54) is 0 Å². The fraction of sp³-hybridized carbons (Fsp3) is 0.294. The topological polar surface area (TPSA) is 32.3 Å². The highest BCUT2D eigenvalue weighted by Crippen LogP contribution is 2.16. The zero-order chi connectivity index (χ0) is 14.6. The minimum Gasteiger partial charge on any atom is -0.359 e. The van der Waals surface area contributed by atoms with Gasteiger partial charge in [0.05, 0.1) is 6.20 Å². The second-order valence-electron chi connectivity index (χ2n) is 3.80. The van der Waals surface area contributed by atoms with Gasteiger partial charge in [-0.05, 0) is 47.2 Å². The van der Waals surface area contributed by atoms with E-state index >= 15 is 0 Å². The van der Waals surface area contributed by atoms with Gasteiger partial charge in [0, 0.05) is 13.6 Å². The Labute approximate surface area is 118 Å². The summed E-state index contributed by atoms with van der Waals surface area (Å²) < 4.78 is 0. The molecule has 0 radical (unpaired) electrons. The maximum atomic E-state index is 11.6. The Bertz CT molecular complexity index is 705. The first-order valence-corrected chi connectivity index (χ1v) is 6.06. The molecule has 1 amide bonds. The maximum absolute atomic E-state index is 11.6. The van der Waals surface area contributed by atoms with Gasteiger partial charge in [0.2, 0.25) is 5.91 Å². The third-order valence-electron chi connectivity index (χ3n) is 2.59. The van der Waals surface area contributed by atoms with Crippen LogP contribution in [0.4, 0.5) is 0 Å². The fourth-order valence-corrected chi connectivity index (χ4v) is 1.74. The third kappa shape index (κ3) is 5.12. The number of likely N-dealkylation sites (tertiary alicyclic amines) is 1. The molecule has 1 unspecified atom stereocenters. The van der Waals surface area contributed by atoms with E-state index in [0.29, 0.717) is 0 Å². The van der Waals surface area contributed by atoms with Crippen molar-refractivity contribution >= 4 is 5.91 Å². The van der Waals surface area contributed by atoms with Crippen LogP contribution in [0.25, 0.3) is 0 Å². The molecule has 1 atom stereocenters. The van der Waals surface area contributed by atoms with Gasteiger partial charge in [0.1, 0.15) is 6.04 Å². The first-order chi connectivity index (χ1) is 9.79. The quantitative estimate of drug-likeness (QED) is 0.604. The standard InChI is InChI=1S/C17H13N2O/c1-3-4-5-6-7-8-9-10-11-14-19-15-12-13-16(19)17(20)18-2/h1,14,16H,12-13,15H2,2H3,(H,18,20)/q-1. The first kappa shape index (κ1) is 15.1. The van der Waals surface area contributed by atoms with E-state index in [1.807, 2.05) is 4.90 Å². The summed E-state index contributed by atoms with van der Waals surface area (Å²) in [5.74, 6) is 0.0181. The largest absolute Gasteiger partial charge is 0.359 e. The Hall–Kier alpha value is -2.97. The molecule has 1 aliphatic heterocycles. The van der Waals surface area contributed by atoms with Crippen LogP contribution in [0.5, 0.6) is 0 Å². The number of carbonyl (C=O) groups is 1. The smallest absolute Gasteiger partial charge is 0.242 e. The van der Waals surface area contributed by atoms with E-state index in [1.54, 1.807) is 13.2 Å². The molecule has 0 aromatic carbocycles.